The Morgan fingerprint density at radius 3 is 2.45 bits per heavy atom. The molecule has 2 aromatic carbocycles. The van der Waals surface area contributed by atoms with Gasteiger partial charge in [-0.05, 0) is 62.1 Å². The number of carbonyl (C=O) groups is 1. The van der Waals surface area contributed by atoms with E-state index < -0.39 is 10.0 Å². The van der Waals surface area contributed by atoms with Crippen LogP contribution < -0.4 is 9.47 Å². The van der Waals surface area contributed by atoms with Crippen molar-refractivity contribution in [2.75, 3.05) is 32.8 Å². The smallest absolute Gasteiger partial charge is 0.254 e. The van der Waals surface area contributed by atoms with E-state index in [0.29, 0.717) is 56.5 Å². The minimum Gasteiger partial charge on any atom is -0.486 e. The Hall–Kier alpha value is -2.58. The van der Waals surface area contributed by atoms with Crippen LogP contribution in [0.2, 0.25) is 0 Å². The van der Waals surface area contributed by atoms with Crippen LogP contribution in [0.4, 0.5) is 0 Å². The van der Waals surface area contributed by atoms with Crippen molar-refractivity contribution in [1.29, 1.82) is 0 Å². The molecule has 0 saturated carbocycles. The number of benzene rings is 2. The molecule has 166 valence electrons. The molecule has 2 aliphatic heterocycles. The monoisotopic (exact) mass is 444 g/mol. The highest BCUT2D eigenvalue weighted by Crippen LogP contribution is 2.31. The molecular weight excluding hydrogens is 416 g/mol. The zero-order valence-corrected chi connectivity index (χ0v) is 18.8. The first-order chi connectivity index (χ1) is 14.9. The Labute approximate surface area is 183 Å². The summed E-state index contributed by atoms with van der Waals surface area (Å²) in [4.78, 5) is 15.2. The van der Waals surface area contributed by atoms with Crippen molar-refractivity contribution in [2.45, 2.75) is 38.1 Å². The van der Waals surface area contributed by atoms with E-state index in [1.165, 1.54) is 10.4 Å². The molecule has 1 fully saturated rings. The molecule has 0 aromatic heterocycles. The van der Waals surface area contributed by atoms with Crippen LogP contribution in [0.3, 0.4) is 0 Å². The molecule has 1 amide bonds. The van der Waals surface area contributed by atoms with Gasteiger partial charge in [0.1, 0.15) is 13.2 Å². The van der Waals surface area contributed by atoms with Crippen LogP contribution in [-0.2, 0) is 16.6 Å². The lowest BCUT2D eigenvalue weighted by atomic mass is 10.1. The van der Waals surface area contributed by atoms with Gasteiger partial charge in [0.2, 0.25) is 10.0 Å². The van der Waals surface area contributed by atoms with Gasteiger partial charge in [-0.15, -0.1) is 0 Å². The Morgan fingerprint density at radius 2 is 1.74 bits per heavy atom. The van der Waals surface area contributed by atoms with Gasteiger partial charge in [0.05, 0.1) is 4.90 Å². The van der Waals surface area contributed by atoms with Gasteiger partial charge in [0.25, 0.3) is 5.91 Å². The predicted molar refractivity (Wildman–Crippen MR) is 117 cm³/mol. The van der Waals surface area contributed by atoms with Gasteiger partial charge in [0, 0.05) is 31.7 Å². The average molecular weight is 445 g/mol. The van der Waals surface area contributed by atoms with Crippen LogP contribution in [0.1, 0.15) is 41.3 Å². The van der Waals surface area contributed by atoms with Gasteiger partial charge in [-0.3, -0.25) is 4.79 Å². The lowest BCUT2D eigenvalue weighted by molar-refractivity contribution is 0.0751. The Balaban J connectivity index is 1.58. The van der Waals surface area contributed by atoms with Gasteiger partial charge in [-0.2, -0.15) is 4.31 Å². The van der Waals surface area contributed by atoms with Crippen molar-refractivity contribution in [3.8, 4) is 11.5 Å². The summed E-state index contributed by atoms with van der Waals surface area (Å²) in [6.45, 7) is 6.74. The maximum Gasteiger partial charge on any atom is 0.254 e. The zero-order valence-electron chi connectivity index (χ0n) is 18.0. The van der Waals surface area contributed by atoms with Gasteiger partial charge in [0.15, 0.2) is 11.5 Å². The fraction of sp³-hybridized carbons (Fsp3) is 0.435. The third-order valence-electron chi connectivity index (χ3n) is 5.79. The fourth-order valence-corrected chi connectivity index (χ4v) is 5.52. The molecule has 0 radical (unpaired) electrons. The number of fused-ring (bicyclic) bond motifs is 1. The summed E-state index contributed by atoms with van der Waals surface area (Å²) >= 11 is 0. The lowest BCUT2D eigenvalue weighted by Crippen LogP contribution is -2.32. The number of hydrogen-bond acceptors (Lipinski definition) is 5. The second kappa shape index (κ2) is 8.88. The molecule has 0 aliphatic carbocycles. The van der Waals surface area contributed by atoms with Crippen molar-refractivity contribution < 1.29 is 22.7 Å². The molecule has 0 unspecified atom stereocenters. The van der Waals surface area contributed by atoms with E-state index in [1.54, 1.807) is 17.0 Å². The van der Waals surface area contributed by atoms with Gasteiger partial charge in [-0.25, -0.2) is 8.42 Å². The summed E-state index contributed by atoms with van der Waals surface area (Å²) in [7, 11) is -3.58. The summed E-state index contributed by atoms with van der Waals surface area (Å²) in [5.41, 5.74) is 2.10. The number of sulfonamides is 1. The van der Waals surface area contributed by atoms with Crippen molar-refractivity contribution in [3.05, 3.63) is 53.1 Å². The molecule has 7 nitrogen and oxygen atoms in total. The Bertz CT molecular complexity index is 1080. The van der Waals surface area contributed by atoms with Crippen LogP contribution in [0.25, 0.3) is 0 Å². The average Bonchev–Trinajstić information content (AvgIpc) is 3.33. The number of aryl methyl sites for hydroxylation is 1. The minimum atomic E-state index is -3.58. The van der Waals surface area contributed by atoms with Gasteiger partial charge >= 0.3 is 0 Å². The second-order valence-corrected chi connectivity index (χ2v) is 9.82. The van der Waals surface area contributed by atoms with Crippen LogP contribution >= 0.6 is 0 Å². The SMILES string of the molecule is CCN(Cc1ccc2c(c1)OCCO2)C(=O)c1cc(S(=O)(=O)N2CCCC2)ccc1C. The van der Waals surface area contributed by atoms with Crippen LogP contribution in [0.5, 0.6) is 11.5 Å². The van der Waals surface area contributed by atoms with E-state index in [2.05, 4.69) is 0 Å². The third kappa shape index (κ3) is 4.41. The zero-order chi connectivity index (χ0) is 22.0. The summed E-state index contributed by atoms with van der Waals surface area (Å²) in [6.07, 6.45) is 1.74. The summed E-state index contributed by atoms with van der Waals surface area (Å²) < 4.78 is 38.6. The van der Waals surface area contributed by atoms with E-state index in [0.717, 1.165) is 24.0 Å². The van der Waals surface area contributed by atoms with E-state index in [4.69, 9.17) is 9.47 Å². The van der Waals surface area contributed by atoms with Crippen molar-refractivity contribution >= 4 is 15.9 Å². The minimum absolute atomic E-state index is 0.179. The molecular formula is C23H28N2O5S. The molecule has 8 heteroatoms. The van der Waals surface area contributed by atoms with Gasteiger partial charge < -0.3 is 14.4 Å². The third-order valence-corrected chi connectivity index (χ3v) is 7.69. The van der Waals surface area contributed by atoms with Crippen LogP contribution in [-0.4, -0.2) is 56.4 Å². The summed E-state index contributed by atoms with van der Waals surface area (Å²) in [6, 6.07) is 10.5. The molecule has 4 rings (SSSR count). The number of rotatable bonds is 6. The summed E-state index contributed by atoms with van der Waals surface area (Å²) in [5, 5.41) is 0. The standard InChI is InChI=1S/C23H28N2O5S/c1-3-24(16-18-7-9-21-22(14-18)30-13-12-29-21)23(26)20-15-19(8-6-17(20)2)31(27,28)25-10-4-5-11-25/h6-9,14-15H,3-5,10-13,16H2,1-2H3. The Kier molecular flexibility index (Phi) is 6.20. The number of carbonyl (C=O) groups excluding carboxylic acids is 1. The largest absolute Gasteiger partial charge is 0.486 e. The lowest BCUT2D eigenvalue weighted by Gasteiger charge is -2.24. The summed E-state index contributed by atoms with van der Waals surface area (Å²) in [5.74, 6) is 1.20. The normalized spacial score (nSPS) is 16.3. The first-order valence-electron chi connectivity index (χ1n) is 10.7. The van der Waals surface area contributed by atoms with Crippen molar-refractivity contribution in [2.24, 2.45) is 0 Å². The maximum absolute atomic E-state index is 13.4. The van der Waals surface area contributed by atoms with E-state index in [-0.39, 0.29) is 10.8 Å². The number of ether oxygens (including phenoxy) is 2. The first-order valence-corrected chi connectivity index (χ1v) is 12.1. The highest BCUT2D eigenvalue weighted by molar-refractivity contribution is 7.89. The molecule has 31 heavy (non-hydrogen) atoms. The molecule has 0 N–H and O–H groups in total. The number of amides is 1. The first kappa shape index (κ1) is 21.6. The molecule has 2 aliphatic rings. The highest BCUT2D eigenvalue weighted by atomic mass is 32.2. The maximum atomic E-state index is 13.4. The van der Waals surface area contributed by atoms with Crippen LogP contribution in [0, 0.1) is 6.92 Å². The van der Waals surface area contributed by atoms with Crippen molar-refractivity contribution in [3.63, 3.8) is 0 Å². The topological polar surface area (TPSA) is 76.1 Å². The van der Waals surface area contributed by atoms with Gasteiger partial charge in [-0.1, -0.05) is 12.1 Å². The van der Waals surface area contributed by atoms with E-state index in [1.807, 2.05) is 32.0 Å². The number of hydrogen-bond donors (Lipinski definition) is 0. The molecule has 0 bridgehead atoms. The second-order valence-electron chi connectivity index (χ2n) is 7.89. The fourth-order valence-electron chi connectivity index (χ4n) is 3.97. The quantitative estimate of drug-likeness (QED) is 0.684. The molecule has 2 heterocycles. The van der Waals surface area contributed by atoms with Crippen LogP contribution in [0.15, 0.2) is 41.3 Å². The van der Waals surface area contributed by atoms with Crippen molar-refractivity contribution in [1.82, 2.24) is 9.21 Å². The molecule has 0 atom stereocenters. The molecule has 2 aromatic rings. The predicted octanol–water partition coefficient (Wildman–Crippen LogP) is 3.21. The number of nitrogens with zero attached hydrogens (tertiary/aromatic N) is 2. The van der Waals surface area contributed by atoms with E-state index >= 15 is 0 Å². The van der Waals surface area contributed by atoms with E-state index in [9.17, 15) is 13.2 Å². The Morgan fingerprint density at radius 1 is 1.03 bits per heavy atom. The molecule has 1 saturated heterocycles. The molecule has 0 spiro atoms. The highest BCUT2D eigenvalue weighted by Gasteiger charge is 2.28.